The first kappa shape index (κ1) is 16.7. The fourth-order valence-corrected chi connectivity index (χ4v) is 3.33. The summed E-state index contributed by atoms with van der Waals surface area (Å²) in [5.41, 5.74) is 5.11. The summed E-state index contributed by atoms with van der Waals surface area (Å²) in [7, 11) is 1.85. The van der Waals surface area contributed by atoms with E-state index in [1.807, 2.05) is 20.0 Å². The summed E-state index contributed by atoms with van der Waals surface area (Å²) in [5.74, 6) is 0.140. The molecule has 1 aromatic heterocycles. The fraction of sp³-hybridized carbons (Fsp3) is 0.474. The van der Waals surface area contributed by atoms with E-state index in [1.165, 1.54) is 11.1 Å². The molecule has 0 saturated carbocycles. The lowest BCUT2D eigenvalue weighted by atomic mass is 9.97. The van der Waals surface area contributed by atoms with Gasteiger partial charge in [0.25, 0.3) is 5.91 Å². The van der Waals surface area contributed by atoms with Gasteiger partial charge in [-0.1, -0.05) is 18.2 Å². The van der Waals surface area contributed by atoms with Gasteiger partial charge in [-0.05, 0) is 43.9 Å². The molecule has 2 heterocycles. The number of carbonyl (C=O) groups excluding carboxylic acids is 1. The van der Waals surface area contributed by atoms with E-state index >= 15 is 0 Å². The van der Waals surface area contributed by atoms with E-state index in [4.69, 9.17) is 4.74 Å². The van der Waals surface area contributed by atoms with Crippen LogP contribution >= 0.6 is 0 Å². The van der Waals surface area contributed by atoms with Gasteiger partial charge in [-0.25, -0.2) is 0 Å². The van der Waals surface area contributed by atoms with Crippen molar-refractivity contribution in [1.82, 2.24) is 15.1 Å². The van der Waals surface area contributed by atoms with E-state index in [9.17, 15) is 4.79 Å². The summed E-state index contributed by atoms with van der Waals surface area (Å²) in [5, 5.41) is 7.63. The number of hydrogen-bond acceptors (Lipinski definition) is 3. The number of amides is 1. The third-order valence-electron chi connectivity index (χ3n) is 4.88. The Balaban J connectivity index is 1.81. The van der Waals surface area contributed by atoms with Gasteiger partial charge in [0.2, 0.25) is 0 Å². The Morgan fingerprint density at radius 1 is 1.42 bits per heavy atom. The molecule has 2 aromatic rings. The van der Waals surface area contributed by atoms with Gasteiger partial charge < -0.3 is 10.1 Å². The maximum Gasteiger partial charge on any atom is 0.255 e. The van der Waals surface area contributed by atoms with E-state index in [0.29, 0.717) is 12.2 Å². The normalized spacial score (nSPS) is 18.6. The molecule has 5 heteroatoms. The van der Waals surface area contributed by atoms with Crippen LogP contribution in [0.4, 0.5) is 0 Å². The van der Waals surface area contributed by atoms with E-state index < -0.39 is 0 Å². The Labute approximate surface area is 143 Å². The van der Waals surface area contributed by atoms with Gasteiger partial charge in [-0.3, -0.25) is 9.48 Å². The van der Waals surface area contributed by atoms with Gasteiger partial charge in [0, 0.05) is 25.8 Å². The zero-order chi connectivity index (χ0) is 17.3. The van der Waals surface area contributed by atoms with E-state index in [2.05, 4.69) is 36.4 Å². The highest BCUT2D eigenvalue weighted by atomic mass is 16.5. The van der Waals surface area contributed by atoms with Gasteiger partial charge in [0.1, 0.15) is 0 Å². The molecule has 1 aliphatic rings. The fourth-order valence-electron chi connectivity index (χ4n) is 3.33. The third-order valence-corrected chi connectivity index (χ3v) is 4.88. The molecule has 0 radical (unpaired) electrons. The van der Waals surface area contributed by atoms with Crippen molar-refractivity contribution in [3.8, 4) is 0 Å². The standard InChI is InChI=1S/C19H25N3O2/c1-12-6-5-7-16(13(12)2)14(3)20-19(23)17-10-22(4)21-18(17)15-8-9-24-11-15/h5-7,10,14-15H,8-9,11H2,1-4H3,(H,20,23)/t14-,15-/m0/s1. The molecule has 0 aliphatic carbocycles. The second-order valence-electron chi connectivity index (χ2n) is 6.65. The average Bonchev–Trinajstić information content (AvgIpc) is 3.18. The van der Waals surface area contributed by atoms with Crippen LogP contribution in [0, 0.1) is 13.8 Å². The molecule has 1 N–H and O–H groups in total. The molecule has 5 nitrogen and oxygen atoms in total. The predicted molar refractivity (Wildman–Crippen MR) is 93.2 cm³/mol. The molecule has 24 heavy (non-hydrogen) atoms. The number of aryl methyl sites for hydroxylation is 2. The molecule has 1 aliphatic heterocycles. The molecular weight excluding hydrogens is 302 g/mol. The number of ether oxygens (including phenoxy) is 1. The molecule has 0 spiro atoms. The lowest BCUT2D eigenvalue weighted by Crippen LogP contribution is -2.28. The largest absolute Gasteiger partial charge is 0.381 e. The van der Waals surface area contributed by atoms with Crippen LogP contribution in [-0.4, -0.2) is 28.9 Å². The smallest absolute Gasteiger partial charge is 0.255 e. The minimum atomic E-state index is -0.0709. The van der Waals surface area contributed by atoms with Crippen molar-refractivity contribution in [2.45, 2.75) is 39.2 Å². The first-order chi connectivity index (χ1) is 11.5. The molecule has 1 saturated heterocycles. The second kappa shape index (κ2) is 6.77. The van der Waals surface area contributed by atoms with Crippen LogP contribution in [0.1, 0.15) is 58.0 Å². The predicted octanol–water partition coefficient (Wildman–Crippen LogP) is 3.03. The summed E-state index contributed by atoms with van der Waals surface area (Å²) in [4.78, 5) is 12.8. The highest BCUT2D eigenvalue weighted by molar-refractivity contribution is 5.95. The lowest BCUT2D eigenvalue weighted by Gasteiger charge is -2.18. The number of rotatable bonds is 4. The van der Waals surface area contributed by atoms with Crippen LogP contribution in [-0.2, 0) is 11.8 Å². The molecule has 1 aromatic carbocycles. The Hall–Kier alpha value is -2.14. The van der Waals surface area contributed by atoms with Crippen LogP contribution < -0.4 is 5.32 Å². The van der Waals surface area contributed by atoms with Gasteiger partial charge in [0.05, 0.1) is 23.9 Å². The summed E-state index contributed by atoms with van der Waals surface area (Å²) >= 11 is 0. The van der Waals surface area contributed by atoms with Crippen LogP contribution in [0.25, 0.3) is 0 Å². The summed E-state index contributed by atoms with van der Waals surface area (Å²) < 4.78 is 7.17. The molecule has 0 bridgehead atoms. The monoisotopic (exact) mass is 327 g/mol. The van der Waals surface area contributed by atoms with Crippen molar-refractivity contribution < 1.29 is 9.53 Å². The van der Waals surface area contributed by atoms with Crippen molar-refractivity contribution in [3.05, 3.63) is 52.3 Å². The number of hydrogen-bond donors (Lipinski definition) is 1. The highest BCUT2D eigenvalue weighted by Crippen LogP contribution is 2.27. The second-order valence-corrected chi connectivity index (χ2v) is 6.65. The first-order valence-corrected chi connectivity index (χ1v) is 8.45. The number of nitrogens with zero attached hydrogens (tertiary/aromatic N) is 2. The van der Waals surface area contributed by atoms with Crippen LogP contribution in [0.3, 0.4) is 0 Å². The van der Waals surface area contributed by atoms with E-state index in [0.717, 1.165) is 24.3 Å². The Morgan fingerprint density at radius 2 is 2.21 bits per heavy atom. The maximum absolute atomic E-state index is 12.8. The van der Waals surface area contributed by atoms with Crippen LogP contribution in [0.5, 0.6) is 0 Å². The number of carbonyl (C=O) groups is 1. The molecule has 3 rings (SSSR count). The minimum Gasteiger partial charge on any atom is -0.381 e. The quantitative estimate of drug-likeness (QED) is 0.939. The van der Waals surface area contributed by atoms with Gasteiger partial charge >= 0.3 is 0 Å². The Morgan fingerprint density at radius 3 is 2.92 bits per heavy atom. The zero-order valence-corrected chi connectivity index (χ0v) is 14.8. The van der Waals surface area contributed by atoms with Crippen molar-refractivity contribution in [3.63, 3.8) is 0 Å². The van der Waals surface area contributed by atoms with E-state index in [1.54, 1.807) is 10.9 Å². The Bertz CT molecular complexity index is 745. The molecule has 128 valence electrons. The number of aromatic nitrogens is 2. The van der Waals surface area contributed by atoms with Crippen molar-refractivity contribution in [2.75, 3.05) is 13.2 Å². The SMILES string of the molecule is Cc1cccc([C@H](C)NC(=O)c2cn(C)nc2[C@H]2CCOC2)c1C. The van der Waals surface area contributed by atoms with Gasteiger partial charge in [-0.15, -0.1) is 0 Å². The number of nitrogens with one attached hydrogen (secondary N) is 1. The van der Waals surface area contributed by atoms with Gasteiger partial charge in [-0.2, -0.15) is 5.10 Å². The average molecular weight is 327 g/mol. The van der Waals surface area contributed by atoms with Crippen LogP contribution in [0.15, 0.2) is 24.4 Å². The first-order valence-electron chi connectivity index (χ1n) is 8.45. The number of benzene rings is 1. The van der Waals surface area contributed by atoms with Crippen LogP contribution in [0.2, 0.25) is 0 Å². The Kier molecular flexibility index (Phi) is 4.71. The summed E-state index contributed by atoms with van der Waals surface area (Å²) in [6, 6.07) is 6.14. The van der Waals surface area contributed by atoms with Crippen molar-refractivity contribution in [1.29, 1.82) is 0 Å². The minimum absolute atomic E-state index is 0.0507. The lowest BCUT2D eigenvalue weighted by molar-refractivity contribution is 0.0938. The molecular formula is C19H25N3O2. The zero-order valence-electron chi connectivity index (χ0n) is 14.8. The van der Waals surface area contributed by atoms with Gasteiger partial charge in [0.15, 0.2) is 0 Å². The molecule has 1 amide bonds. The third kappa shape index (κ3) is 3.22. The summed E-state index contributed by atoms with van der Waals surface area (Å²) in [6.45, 7) is 7.59. The van der Waals surface area contributed by atoms with Crippen molar-refractivity contribution in [2.24, 2.45) is 7.05 Å². The molecule has 2 atom stereocenters. The topological polar surface area (TPSA) is 56.2 Å². The highest BCUT2D eigenvalue weighted by Gasteiger charge is 2.27. The van der Waals surface area contributed by atoms with Crippen molar-refractivity contribution >= 4 is 5.91 Å². The molecule has 1 fully saturated rings. The van der Waals surface area contributed by atoms with E-state index in [-0.39, 0.29) is 17.9 Å². The summed E-state index contributed by atoms with van der Waals surface area (Å²) in [6.07, 6.45) is 2.72. The maximum atomic E-state index is 12.8. The molecule has 0 unspecified atom stereocenters.